The number of rotatable bonds is 3. The first-order chi connectivity index (χ1) is 10.7. The molecule has 0 saturated heterocycles. The van der Waals surface area contributed by atoms with Crippen molar-refractivity contribution in [1.29, 1.82) is 0 Å². The number of ether oxygens (including phenoxy) is 1. The minimum absolute atomic E-state index is 0.0161. The molecular weight excluding hydrogens is 298 g/mol. The molecular formula is C17H18ClN3O. The minimum Gasteiger partial charge on any atom is -0.497 e. The first kappa shape index (κ1) is 14.7. The number of guanidine groups is 1. The Morgan fingerprint density at radius 3 is 2.82 bits per heavy atom. The number of benzene rings is 2. The predicted octanol–water partition coefficient (Wildman–Crippen LogP) is 3.44. The molecule has 3 rings (SSSR count). The van der Waals surface area contributed by atoms with E-state index in [-0.39, 0.29) is 12.1 Å². The van der Waals surface area contributed by atoms with Gasteiger partial charge in [0.2, 0.25) is 0 Å². The predicted molar refractivity (Wildman–Crippen MR) is 89.3 cm³/mol. The van der Waals surface area contributed by atoms with Crippen LogP contribution in [0.25, 0.3) is 0 Å². The monoisotopic (exact) mass is 315 g/mol. The molecule has 2 atom stereocenters. The normalized spacial score (nSPS) is 20.9. The molecule has 0 saturated carbocycles. The van der Waals surface area contributed by atoms with E-state index in [0.717, 1.165) is 28.3 Å². The van der Waals surface area contributed by atoms with Gasteiger partial charge >= 0.3 is 0 Å². The summed E-state index contributed by atoms with van der Waals surface area (Å²) in [5.74, 6) is 1.25. The lowest BCUT2D eigenvalue weighted by molar-refractivity contribution is 0.412. The zero-order valence-electron chi connectivity index (χ0n) is 12.3. The number of nitrogens with two attached hydrogens (primary N) is 1. The van der Waals surface area contributed by atoms with E-state index in [1.165, 1.54) is 0 Å². The van der Waals surface area contributed by atoms with Crippen LogP contribution in [0.1, 0.15) is 29.6 Å². The third kappa shape index (κ3) is 3.02. The van der Waals surface area contributed by atoms with E-state index in [1.54, 1.807) is 7.11 Å². The van der Waals surface area contributed by atoms with Gasteiger partial charge in [-0.05, 0) is 35.7 Å². The van der Waals surface area contributed by atoms with Gasteiger partial charge in [-0.15, -0.1) is 0 Å². The van der Waals surface area contributed by atoms with Crippen molar-refractivity contribution in [3.8, 4) is 5.75 Å². The van der Waals surface area contributed by atoms with Gasteiger partial charge in [0.05, 0.1) is 19.2 Å². The highest BCUT2D eigenvalue weighted by Gasteiger charge is 2.25. The van der Waals surface area contributed by atoms with E-state index in [1.807, 2.05) is 48.5 Å². The Kier molecular flexibility index (Phi) is 4.20. The van der Waals surface area contributed by atoms with Gasteiger partial charge in [-0.3, -0.25) is 0 Å². The molecule has 2 aromatic rings. The number of nitrogens with one attached hydrogen (secondary N) is 1. The molecule has 2 unspecified atom stereocenters. The van der Waals surface area contributed by atoms with Gasteiger partial charge < -0.3 is 15.8 Å². The van der Waals surface area contributed by atoms with Crippen molar-refractivity contribution in [3.63, 3.8) is 0 Å². The lowest BCUT2D eigenvalue weighted by Crippen LogP contribution is -2.39. The van der Waals surface area contributed by atoms with E-state index in [4.69, 9.17) is 22.1 Å². The molecule has 1 aliphatic heterocycles. The summed E-state index contributed by atoms with van der Waals surface area (Å²) in [4.78, 5) is 4.52. The Morgan fingerprint density at radius 1 is 1.23 bits per heavy atom. The van der Waals surface area contributed by atoms with Crippen molar-refractivity contribution in [1.82, 2.24) is 5.32 Å². The summed E-state index contributed by atoms with van der Waals surface area (Å²) in [6, 6.07) is 15.8. The Morgan fingerprint density at radius 2 is 2.05 bits per heavy atom. The van der Waals surface area contributed by atoms with Crippen LogP contribution in [-0.2, 0) is 0 Å². The van der Waals surface area contributed by atoms with E-state index >= 15 is 0 Å². The van der Waals surface area contributed by atoms with Crippen LogP contribution in [0.5, 0.6) is 5.75 Å². The summed E-state index contributed by atoms with van der Waals surface area (Å²) >= 11 is 6.31. The summed E-state index contributed by atoms with van der Waals surface area (Å²) in [5, 5.41) is 3.95. The molecule has 5 heteroatoms. The average molecular weight is 316 g/mol. The Labute approximate surface area is 135 Å². The van der Waals surface area contributed by atoms with Gasteiger partial charge in [0.15, 0.2) is 5.96 Å². The molecule has 22 heavy (non-hydrogen) atoms. The van der Waals surface area contributed by atoms with Gasteiger partial charge in [0.1, 0.15) is 5.75 Å². The number of halogens is 1. The van der Waals surface area contributed by atoms with Gasteiger partial charge in [-0.1, -0.05) is 41.9 Å². The highest BCUT2D eigenvalue weighted by Crippen LogP contribution is 2.35. The second-order valence-electron chi connectivity index (χ2n) is 5.26. The summed E-state index contributed by atoms with van der Waals surface area (Å²) in [5.41, 5.74) is 8.10. The van der Waals surface area contributed by atoms with Crippen molar-refractivity contribution in [2.45, 2.75) is 18.5 Å². The largest absolute Gasteiger partial charge is 0.497 e. The van der Waals surface area contributed by atoms with E-state index in [0.29, 0.717) is 5.96 Å². The first-order valence-corrected chi connectivity index (χ1v) is 7.53. The van der Waals surface area contributed by atoms with E-state index < -0.39 is 0 Å². The van der Waals surface area contributed by atoms with Crippen LogP contribution in [0.2, 0.25) is 5.02 Å². The smallest absolute Gasteiger partial charge is 0.189 e. The van der Waals surface area contributed by atoms with Crippen LogP contribution >= 0.6 is 11.6 Å². The van der Waals surface area contributed by atoms with Gasteiger partial charge in [0.25, 0.3) is 0 Å². The number of methoxy groups -OCH3 is 1. The molecule has 2 aromatic carbocycles. The van der Waals surface area contributed by atoms with Crippen molar-refractivity contribution in [2.24, 2.45) is 10.7 Å². The van der Waals surface area contributed by atoms with Crippen molar-refractivity contribution >= 4 is 17.6 Å². The van der Waals surface area contributed by atoms with Gasteiger partial charge in [0, 0.05) is 5.02 Å². The lowest BCUT2D eigenvalue weighted by atomic mass is 9.94. The molecule has 0 bridgehead atoms. The summed E-state index contributed by atoms with van der Waals surface area (Å²) in [6.45, 7) is 0. The third-order valence-corrected chi connectivity index (χ3v) is 4.18. The lowest BCUT2D eigenvalue weighted by Gasteiger charge is -2.29. The Balaban J connectivity index is 1.90. The maximum atomic E-state index is 6.31. The van der Waals surface area contributed by atoms with Crippen LogP contribution in [0.4, 0.5) is 0 Å². The molecule has 4 nitrogen and oxygen atoms in total. The zero-order valence-corrected chi connectivity index (χ0v) is 13.0. The highest BCUT2D eigenvalue weighted by molar-refractivity contribution is 6.31. The standard InChI is InChI=1S/C17H18ClN3O/c1-22-12-6-4-5-11(9-12)15-10-16(21-17(19)20-15)13-7-2-3-8-14(13)18/h2-9,15-16H,10H2,1H3,(H3,19,20,21). The number of aliphatic imine (C=N–C) groups is 1. The van der Waals surface area contributed by atoms with E-state index in [9.17, 15) is 0 Å². The number of hydrogen-bond donors (Lipinski definition) is 2. The average Bonchev–Trinajstić information content (AvgIpc) is 2.55. The summed E-state index contributed by atoms with van der Waals surface area (Å²) < 4.78 is 5.29. The molecule has 0 radical (unpaired) electrons. The zero-order chi connectivity index (χ0) is 15.5. The molecule has 0 amide bonds. The fraction of sp³-hybridized carbons (Fsp3) is 0.235. The van der Waals surface area contributed by atoms with Gasteiger partial charge in [-0.2, -0.15) is 0 Å². The molecule has 0 fully saturated rings. The quantitative estimate of drug-likeness (QED) is 0.912. The van der Waals surface area contributed by atoms with Crippen LogP contribution < -0.4 is 15.8 Å². The van der Waals surface area contributed by atoms with Crippen LogP contribution in [-0.4, -0.2) is 13.1 Å². The topological polar surface area (TPSA) is 59.6 Å². The molecule has 0 aromatic heterocycles. The molecule has 1 aliphatic rings. The molecule has 0 spiro atoms. The summed E-state index contributed by atoms with van der Waals surface area (Å²) in [6.07, 6.45) is 0.789. The third-order valence-electron chi connectivity index (χ3n) is 3.84. The van der Waals surface area contributed by atoms with Crippen molar-refractivity contribution < 1.29 is 4.74 Å². The maximum absolute atomic E-state index is 6.31. The Hall–Kier alpha value is -2.20. The van der Waals surface area contributed by atoms with Crippen LogP contribution in [0, 0.1) is 0 Å². The Bertz CT molecular complexity index is 702. The number of hydrogen-bond acceptors (Lipinski definition) is 4. The van der Waals surface area contributed by atoms with Crippen molar-refractivity contribution in [2.75, 3.05) is 7.11 Å². The second-order valence-corrected chi connectivity index (χ2v) is 5.67. The molecule has 114 valence electrons. The SMILES string of the molecule is COc1cccc(C2CC(c3ccccc3Cl)NC(N)=N2)c1. The van der Waals surface area contributed by atoms with Gasteiger partial charge in [-0.25, -0.2) is 4.99 Å². The molecule has 0 aliphatic carbocycles. The summed E-state index contributed by atoms with van der Waals surface area (Å²) in [7, 11) is 1.66. The van der Waals surface area contributed by atoms with E-state index in [2.05, 4.69) is 10.3 Å². The highest BCUT2D eigenvalue weighted by atomic mass is 35.5. The fourth-order valence-electron chi connectivity index (χ4n) is 2.74. The minimum atomic E-state index is -0.0161. The molecule has 1 heterocycles. The fourth-order valence-corrected chi connectivity index (χ4v) is 3.01. The van der Waals surface area contributed by atoms with Crippen LogP contribution in [0.3, 0.4) is 0 Å². The van der Waals surface area contributed by atoms with Crippen molar-refractivity contribution in [3.05, 3.63) is 64.7 Å². The maximum Gasteiger partial charge on any atom is 0.189 e. The first-order valence-electron chi connectivity index (χ1n) is 7.15. The number of nitrogens with zero attached hydrogens (tertiary/aromatic N) is 1. The van der Waals surface area contributed by atoms with Crippen LogP contribution in [0.15, 0.2) is 53.5 Å². The second kappa shape index (κ2) is 6.28. The molecule has 3 N–H and O–H groups in total.